The molecule has 4 aromatic rings. The summed E-state index contributed by atoms with van der Waals surface area (Å²) in [5.41, 5.74) is 0.603. The van der Waals surface area contributed by atoms with Gasteiger partial charge in [0.05, 0.1) is 35.7 Å². The van der Waals surface area contributed by atoms with E-state index in [0.29, 0.717) is 0 Å². The fourth-order valence-electron chi connectivity index (χ4n) is 3.66. The molecule has 1 N–H and O–H groups in total. The molecule has 0 spiro atoms. The molecule has 0 radical (unpaired) electrons. The van der Waals surface area contributed by atoms with E-state index in [1.165, 1.54) is 48.5 Å². The van der Waals surface area contributed by atoms with Crippen LogP contribution in [0.25, 0.3) is 11.1 Å². The predicted octanol–water partition coefficient (Wildman–Crippen LogP) is 6.22. The molecule has 2 heterocycles. The number of aromatic nitrogens is 3. The first-order chi connectivity index (χ1) is 19.8. The van der Waals surface area contributed by atoms with Crippen LogP contribution < -0.4 is 19.1 Å². The maximum atomic E-state index is 14.1. The van der Waals surface area contributed by atoms with E-state index < -0.39 is 40.3 Å². The zero-order valence-electron chi connectivity index (χ0n) is 21.6. The van der Waals surface area contributed by atoms with Crippen LogP contribution in [0, 0.1) is 5.82 Å². The van der Waals surface area contributed by atoms with Crippen LogP contribution in [0.15, 0.2) is 59.8 Å². The summed E-state index contributed by atoms with van der Waals surface area (Å²) in [5.74, 6) is -1.90. The Morgan fingerprint density at radius 3 is 2.48 bits per heavy atom. The van der Waals surface area contributed by atoms with Crippen molar-refractivity contribution in [2.45, 2.75) is 24.4 Å². The van der Waals surface area contributed by atoms with Gasteiger partial charge in [-0.25, -0.2) is 17.8 Å². The molecule has 0 saturated carbocycles. The number of alkyl halides is 3. The van der Waals surface area contributed by atoms with Crippen LogP contribution in [0.2, 0.25) is 5.02 Å². The standard InChI is InChI=1S/C25H20ClF4N5O5S2/c1-3-24(36)35(23-7-5-15(11-31-23)42(37,38)34-22-12-32-41-33-22)19-10-17(26)16(9-21(19)39-2)14-4-6-18(27)20(8-14)40-13-25(28,29)30/h4-12H,3,13H2,1-2H3,(H,33,34). The Bertz CT molecular complexity index is 1690. The molecule has 222 valence electrons. The number of carbonyl (C=O) groups is 1. The number of rotatable bonds is 10. The molecule has 0 aliphatic rings. The minimum absolute atomic E-state index is 0.0144. The molecule has 0 saturated heterocycles. The van der Waals surface area contributed by atoms with Crippen LogP contribution in [0.1, 0.15) is 13.3 Å². The maximum Gasteiger partial charge on any atom is 0.422 e. The van der Waals surface area contributed by atoms with Crippen LogP contribution in [0.5, 0.6) is 11.5 Å². The Hall–Kier alpha value is -4.02. The zero-order valence-corrected chi connectivity index (χ0v) is 24.0. The number of hydrogen-bond acceptors (Lipinski definition) is 9. The summed E-state index contributed by atoms with van der Waals surface area (Å²) in [7, 11) is -2.73. The summed E-state index contributed by atoms with van der Waals surface area (Å²) in [6.07, 6.45) is -2.36. The Labute approximate surface area is 246 Å². The lowest BCUT2D eigenvalue weighted by Gasteiger charge is -2.25. The van der Waals surface area contributed by atoms with Gasteiger partial charge < -0.3 is 9.47 Å². The first-order valence-electron chi connectivity index (χ1n) is 11.8. The molecule has 10 nitrogen and oxygen atoms in total. The summed E-state index contributed by atoms with van der Waals surface area (Å²) in [4.78, 5) is 18.2. The van der Waals surface area contributed by atoms with Gasteiger partial charge in [-0.1, -0.05) is 24.6 Å². The number of amides is 1. The van der Waals surface area contributed by atoms with E-state index in [-0.39, 0.29) is 50.5 Å². The van der Waals surface area contributed by atoms with Crippen molar-refractivity contribution in [2.75, 3.05) is 23.3 Å². The molecule has 0 fully saturated rings. The highest BCUT2D eigenvalue weighted by Crippen LogP contribution is 2.42. The highest BCUT2D eigenvalue weighted by atomic mass is 35.5. The van der Waals surface area contributed by atoms with Gasteiger partial charge in [0.1, 0.15) is 16.5 Å². The number of halogens is 5. The van der Waals surface area contributed by atoms with E-state index in [1.54, 1.807) is 6.92 Å². The number of carbonyl (C=O) groups excluding carboxylic acids is 1. The fraction of sp³-hybridized carbons (Fsp3) is 0.200. The number of anilines is 3. The summed E-state index contributed by atoms with van der Waals surface area (Å²) in [6, 6.07) is 8.63. The summed E-state index contributed by atoms with van der Waals surface area (Å²) in [6.45, 7) is -0.0912. The van der Waals surface area contributed by atoms with Gasteiger partial charge in [0, 0.05) is 18.2 Å². The second-order valence-electron chi connectivity index (χ2n) is 8.39. The average molecular weight is 646 g/mol. The van der Waals surface area contributed by atoms with Crippen molar-refractivity contribution in [1.82, 2.24) is 13.7 Å². The van der Waals surface area contributed by atoms with Gasteiger partial charge in [0.2, 0.25) is 5.91 Å². The van der Waals surface area contributed by atoms with Gasteiger partial charge in [-0.15, -0.1) is 0 Å². The van der Waals surface area contributed by atoms with E-state index in [0.717, 1.165) is 30.1 Å². The third kappa shape index (κ3) is 7.06. The maximum absolute atomic E-state index is 14.1. The minimum atomic E-state index is -4.67. The van der Waals surface area contributed by atoms with Gasteiger partial charge >= 0.3 is 6.18 Å². The lowest BCUT2D eigenvalue weighted by Crippen LogP contribution is -2.26. The van der Waals surface area contributed by atoms with Crippen LogP contribution in [-0.2, 0) is 14.8 Å². The number of hydrogen-bond donors (Lipinski definition) is 1. The number of benzene rings is 2. The van der Waals surface area contributed by atoms with E-state index in [9.17, 15) is 30.8 Å². The molecule has 0 aliphatic heterocycles. The highest BCUT2D eigenvalue weighted by molar-refractivity contribution is 7.92. The van der Waals surface area contributed by atoms with Crippen molar-refractivity contribution in [3.8, 4) is 22.6 Å². The van der Waals surface area contributed by atoms with E-state index in [4.69, 9.17) is 16.3 Å². The fourth-order valence-corrected chi connectivity index (χ4v) is 5.29. The van der Waals surface area contributed by atoms with Gasteiger partial charge in [0.15, 0.2) is 24.0 Å². The number of ether oxygens (including phenoxy) is 2. The zero-order chi connectivity index (χ0) is 30.7. The molecule has 0 unspecified atom stereocenters. The second kappa shape index (κ2) is 12.5. The molecule has 2 aromatic carbocycles. The van der Waals surface area contributed by atoms with Crippen molar-refractivity contribution in [3.63, 3.8) is 0 Å². The summed E-state index contributed by atoms with van der Waals surface area (Å²) >= 11 is 7.36. The minimum Gasteiger partial charge on any atom is -0.495 e. The van der Waals surface area contributed by atoms with Crippen LogP contribution >= 0.6 is 23.3 Å². The quantitative estimate of drug-likeness (QED) is 0.202. The van der Waals surface area contributed by atoms with Crippen molar-refractivity contribution in [1.29, 1.82) is 0 Å². The number of sulfonamides is 1. The Morgan fingerprint density at radius 2 is 1.88 bits per heavy atom. The Balaban J connectivity index is 1.71. The van der Waals surface area contributed by atoms with Gasteiger partial charge in [0.25, 0.3) is 10.0 Å². The molecule has 2 aromatic heterocycles. The molecule has 42 heavy (non-hydrogen) atoms. The normalized spacial score (nSPS) is 11.7. The first kappa shape index (κ1) is 30.9. The van der Waals surface area contributed by atoms with Crippen molar-refractivity contribution >= 4 is 56.6 Å². The molecule has 17 heteroatoms. The predicted molar refractivity (Wildman–Crippen MR) is 147 cm³/mol. The topological polar surface area (TPSA) is 124 Å². The third-order valence-electron chi connectivity index (χ3n) is 5.56. The molecular weight excluding hydrogens is 626 g/mol. The largest absolute Gasteiger partial charge is 0.495 e. The van der Waals surface area contributed by atoms with Crippen LogP contribution in [0.4, 0.5) is 34.9 Å². The van der Waals surface area contributed by atoms with E-state index in [1.807, 2.05) is 0 Å². The van der Waals surface area contributed by atoms with Gasteiger partial charge in [-0.05, 0) is 42.0 Å². The van der Waals surface area contributed by atoms with E-state index in [2.05, 4.69) is 23.2 Å². The first-order valence-corrected chi connectivity index (χ1v) is 14.4. The number of methoxy groups -OCH3 is 1. The lowest BCUT2D eigenvalue weighted by molar-refractivity contribution is -0.153. The van der Waals surface area contributed by atoms with Gasteiger partial charge in [-0.3, -0.25) is 14.4 Å². The lowest BCUT2D eigenvalue weighted by atomic mass is 10.0. The molecule has 4 rings (SSSR count). The smallest absolute Gasteiger partial charge is 0.422 e. The highest BCUT2D eigenvalue weighted by Gasteiger charge is 2.29. The van der Waals surface area contributed by atoms with Crippen molar-refractivity contribution < 1.29 is 40.2 Å². The average Bonchev–Trinajstić information content (AvgIpc) is 3.45. The summed E-state index contributed by atoms with van der Waals surface area (Å²) in [5, 5.41) is 0.0355. The second-order valence-corrected chi connectivity index (χ2v) is 11.0. The molecule has 0 aliphatic carbocycles. The summed E-state index contributed by atoms with van der Waals surface area (Å²) < 4.78 is 97.2. The van der Waals surface area contributed by atoms with Crippen molar-refractivity contribution in [3.05, 3.63) is 65.7 Å². The van der Waals surface area contributed by atoms with E-state index >= 15 is 0 Å². The molecule has 1 amide bonds. The third-order valence-corrected chi connectivity index (χ3v) is 7.69. The Morgan fingerprint density at radius 1 is 1.12 bits per heavy atom. The number of nitrogens with one attached hydrogen (secondary N) is 1. The molecule has 0 atom stereocenters. The van der Waals surface area contributed by atoms with Gasteiger partial charge in [-0.2, -0.15) is 21.9 Å². The number of nitrogens with zero attached hydrogens (tertiary/aromatic N) is 4. The van der Waals surface area contributed by atoms with Crippen molar-refractivity contribution in [2.24, 2.45) is 0 Å². The Kier molecular flexibility index (Phi) is 9.18. The van der Waals surface area contributed by atoms with Crippen LogP contribution in [-0.4, -0.2) is 47.9 Å². The molecular formula is C25H20ClF4N5O5S2. The SMILES string of the molecule is CCC(=O)N(c1ccc(S(=O)(=O)Nc2cnsn2)cn1)c1cc(Cl)c(-c2ccc(F)c(OCC(F)(F)F)c2)cc1OC. The number of pyridine rings is 1. The monoisotopic (exact) mass is 645 g/mol. The van der Waals surface area contributed by atoms with Crippen LogP contribution in [0.3, 0.4) is 0 Å². The molecule has 0 bridgehead atoms.